The van der Waals surface area contributed by atoms with E-state index in [2.05, 4.69) is 12.2 Å². The number of anilines is 1. The van der Waals surface area contributed by atoms with E-state index in [0.29, 0.717) is 13.2 Å². The van der Waals surface area contributed by atoms with Gasteiger partial charge >= 0.3 is 0 Å². The van der Waals surface area contributed by atoms with Gasteiger partial charge in [-0.15, -0.1) is 0 Å². The first-order chi connectivity index (χ1) is 14.2. The van der Waals surface area contributed by atoms with Crippen LogP contribution in [0.1, 0.15) is 24.5 Å². The van der Waals surface area contributed by atoms with E-state index in [4.69, 9.17) is 9.47 Å². The molecule has 0 bridgehead atoms. The molecule has 4 heteroatoms. The molecule has 148 valence electrons. The Hall–Kier alpha value is -3.53. The molecule has 4 nitrogen and oxygen atoms in total. The summed E-state index contributed by atoms with van der Waals surface area (Å²) in [5.41, 5.74) is 2.77. The van der Waals surface area contributed by atoms with Gasteiger partial charge in [0.15, 0.2) is 0 Å². The minimum absolute atomic E-state index is 0.186. The Labute approximate surface area is 171 Å². The molecule has 0 heterocycles. The van der Waals surface area contributed by atoms with Crippen molar-refractivity contribution in [3.63, 3.8) is 0 Å². The second-order valence-corrected chi connectivity index (χ2v) is 6.54. The molecular formula is C25H25NO3. The van der Waals surface area contributed by atoms with Crippen molar-refractivity contribution in [2.45, 2.75) is 20.0 Å². The Morgan fingerprint density at radius 3 is 2.21 bits per heavy atom. The highest BCUT2D eigenvalue weighted by Gasteiger charge is 2.00. The molecule has 3 aromatic carbocycles. The SMILES string of the molecule is CCCOc1ccc(/C=C/C(=O)Nc2ccc(OCc3ccccc3)cc2)cc1. The average Bonchev–Trinajstić information content (AvgIpc) is 2.77. The van der Waals surface area contributed by atoms with Gasteiger partial charge in [0.1, 0.15) is 18.1 Å². The van der Waals surface area contributed by atoms with E-state index in [0.717, 1.165) is 34.7 Å². The van der Waals surface area contributed by atoms with E-state index < -0.39 is 0 Å². The van der Waals surface area contributed by atoms with E-state index >= 15 is 0 Å². The van der Waals surface area contributed by atoms with Crippen LogP contribution in [0.2, 0.25) is 0 Å². The molecule has 29 heavy (non-hydrogen) atoms. The highest BCUT2D eigenvalue weighted by atomic mass is 16.5. The molecule has 0 radical (unpaired) electrons. The van der Waals surface area contributed by atoms with Crippen molar-refractivity contribution in [1.29, 1.82) is 0 Å². The summed E-state index contributed by atoms with van der Waals surface area (Å²) in [5.74, 6) is 1.41. The number of hydrogen-bond acceptors (Lipinski definition) is 3. The first kappa shape index (κ1) is 20.2. The zero-order valence-corrected chi connectivity index (χ0v) is 16.5. The van der Waals surface area contributed by atoms with E-state index in [1.54, 1.807) is 6.08 Å². The number of nitrogens with one attached hydrogen (secondary N) is 1. The monoisotopic (exact) mass is 387 g/mol. The summed E-state index contributed by atoms with van der Waals surface area (Å²) in [4.78, 5) is 12.1. The predicted molar refractivity (Wildman–Crippen MR) is 117 cm³/mol. The maximum absolute atomic E-state index is 12.1. The van der Waals surface area contributed by atoms with Gasteiger partial charge in [-0.1, -0.05) is 49.4 Å². The average molecular weight is 387 g/mol. The van der Waals surface area contributed by atoms with E-state index in [9.17, 15) is 4.79 Å². The lowest BCUT2D eigenvalue weighted by Gasteiger charge is -2.08. The molecule has 0 aromatic heterocycles. The predicted octanol–water partition coefficient (Wildman–Crippen LogP) is 5.71. The van der Waals surface area contributed by atoms with Gasteiger partial charge in [0.25, 0.3) is 0 Å². The molecule has 0 aliphatic heterocycles. The van der Waals surface area contributed by atoms with Crippen LogP contribution in [0, 0.1) is 0 Å². The van der Waals surface area contributed by atoms with Crippen LogP contribution < -0.4 is 14.8 Å². The number of benzene rings is 3. The van der Waals surface area contributed by atoms with Gasteiger partial charge < -0.3 is 14.8 Å². The number of amides is 1. The lowest BCUT2D eigenvalue weighted by Crippen LogP contribution is -2.07. The largest absolute Gasteiger partial charge is 0.494 e. The summed E-state index contributed by atoms with van der Waals surface area (Å²) in [6.45, 7) is 3.28. The molecule has 3 aromatic rings. The zero-order valence-electron chi connectivity index (χ0n) is 16.5. The van der Waals surface area contributed by atoms with Crippen LogP contribution in [-0.4, -0.2) is 12.5 Å². The maximum Gasteiger partial charge on any atom is 0.248 e. The van der Waals surface area contributed by atoms with Crippen molar-refractivity contribution in [3.05, 3.63) is 96.1 Å². The number of ether oxygens (including phenoxy) is 2. The molecule has 0 spiro atoms. The highest BCUT2D eigenvalue weighted by molar-refractivity contribution is 6.01. The Balaban J connectivity index is 1.48. The summed E-state index contributed by atoms with van der Waals surface area (Å²) in [6, 6.07) is 25.0. The van der Waals surface area contributed by atoms with Crippen LogP contribution in [0.3, 0.4) is 0 Å². The molecule has 3 rings (SSSR count). The smallest absolute Gasteiger partial charge is 0.248 e. The molecule has 0 saturated heterocycles. The van der Waals surface area contributed by atoms with Crippen molar-refractivity contribution in [1.82, 2.24) is 0 Å². The number of rotatable bonds is 9. The van der Waals surface area contributed by atoms with E-state index in [1.165, 1.54) is 6.08 Å². The highest BCUT2D eigenvalue weighted by Crippen LogP contribution is 2.17. The van der Waals surface area contributed by atoms with Gasteiger partial charge in [-0.3, -0.25) is 4.79 Å². The molecule has 0 unspecified atom stereocenters. The maximum atomic E-state index is 12.1. The molecule has 0 atom stereocenters. The third kappa shape index (κ3) is 6.85. The Morgan fingerprint density at radius 1 is 0.862 bits per heavy atom. The summed E-state index contributed by atoms with van der Waals surface area (Å²) in [5, 5.41) is 2.85. The normalized spacial score (nSPS) is 10.7. The number of carbonyl (C=O) groups excluding carboxylic acids is 1. The van der Waals surface area contributed by atoms with Crippen LogP contribution in [0.25, 0.3) is 6.08 Å². The van der Waals surface area contributed by atoms with Crippen LogP contribution >= 0.6 is 0 Å². The summed E-state index contributed by atoms with van der Waals surface area (Å²) in [7, 11) is 0. The lowest BCUT2D eigenvalue weighted by atomic mass is 10.2. The number of carbonyl (C=O) groups is 1. The minimum Gasteiger partial charge on any atom is -0.494 e. The van der Waals surface area contributed by atoms with E-state index in [1.807, 2.05) is 78.9 Å². The molecular weight excluding hydrogens is 362 g/mol. The van der Waals surface area contributed by atoms with Gasteiger partial charge in [-0.2, -0.15) is 0 Å². The molecule has 0 fully saturated rings. The second-order valence-electron chi connectivity index (χ2n) is 6.54. The first-order valence-corrected chi connectivity index (χ1v) is 9.71. The standard InChI is InChI=1S/C25H25NO3/c1-2-18-28-23-13-8-20(9-14-23)10-17-25(27)26-22-11-15-24(16-12-22)29-19-21-6-4-3-5-7-21/h3-17H,2,18-19H2,1H3,(H,26,27)/b17-10+. The summed E-state index contributed by atoms with van der Waals surface area (Å²) >= 11 is 0. The Morgan fingerprint density at radius 2 is 1.52 bits per heavy atom. The Bertz CT molecular complexity index is 917. The first-order valence-electron chi connectivity index (χ1n) is 9.71. The van der Waals surface area contributed by atoms with Crippen molar-refractivity contribution in [3.8, 4) is 11.5 Å². The van der Waals surface area contributed by atoms with Crippen molar-refractivity contribution >= 4 is 17.7 Å². The Kier molecular flexibility index (Phi) is 7.47. The molecule has 0 saturated carbocycles. The van der Waals surface area contributed by atoms with Crippen molar-refractivity contribution < 1.29 is 14.3 Å². The summed E-state index contributed by atoms with van der Waals surface area (Å²) in [6.07, 6.45) is 4.26. The summed E-state index contributed by atoms with van der Waals surface area (Å²) < 4.78 is 11.3. The van der Waals surface area contributed by atoms with Gasteiger partial charge in [-0.05, 0) is 60.0 Å². The third-order valence-electron chi connectivity index (χ3n) is 4.15. The number of hydrogen-bond donors (Lipinski definition) is 1. The van der Waals surface area contributed by atoms with Crippen molar-refractivity contribution in [2.24, 2.45) is 0 Å². The fourth-order valence-electron chi connectivity index (χ4n) is 2.63. The quantitative estimate of drug-likeness (QED) is 0.479. The van der Waals surface area contributed by atoms with Crippen LogP contribution in [0.4, 0.5) is 5.69 Å². The van der Waals surface area contributed by atoms with Crippen LogP contribution in [-0.2, 0) is 11.4 Å². The molecule has 0 aliphatic carbocycles. The van der Waals surface area contributed by atoms with Crippen LogP contribution in [0.15, 0.2) is 84.9 Å². The van der Waals surface area contributed by atoms with Crippen molar-refractivity contribution in [2.75, 3.05) is 11.9 Å². The minimum atomic E-state index is -0.186. The van der Waals surface area contributed by atoms with Gasteiger partial charge in [0.05, 0.1) is 6.61 Å². The topological polar surface area (TPSA) is 47.6 Å². The molecule has 1 N–H and O–H groups in total. The molecule has 0 aliphatic rings. The van der Waals surface area contributed by atoms with Gasteiger partial charge in [0, 0.05) is 11.8 Å². The second kappa shape index (κ2) is 10.7. The van der Waals surface area contributed by atoms with E-state index in [-0.39, 0.29) is 5.91 Å². The van der Waals surface area contributed by atoms with Gasteiger partial charge in [0.2, 0.25) is 5.91 Å². The fourth-order valence-corrected chi connectivity index (χ4v) is 2.63. The fraction of sp³-hybridized carbons (Fsp3) is 0.160. The van der Waals surface area contributed by atoms with Crippen LogP contribution in [0.5, 0.6) is 11.5 Å². The molecule has 1 amide bonds. The lowest BCUT2D eigenvalue weighted by molar-refractivity contribution is -0.111. The zero-order chi connectivity index (χ0) is 20.3. The third-order valence-corrected chi connectivity index (χ3v) is 4.15. The van der Waals surface area contributed by atoms with Gasteiger partial charge in [-0.25, -0.2) is 0 Å².